The van der Waals surface area contributed by atoms with Gasteiger partial charge in [-0.1, -0.05) is 39.0 Å². The highest BCUT2D eigenvalue weighted by Gasteiger charge is 2.21. The summed E-state index contributed by atoms with van der Waals surface area (Å²) < 4.78 is 0. The van der Waals surface area contributed by atoms with Crippen molar-refractivity contribution in [2.45, 2.75) is 27.7 Å². The number of aryl methyl sites for hydroxylation is 1. The summed E-state index contributed by atoms with van der Waals surface area (Å²) in [7, 11) is 0. The van der Waals surface area contributed by atoms with Gasteiger partial charge in [-0.05, 0) is 30.7 Å². The van der Waals surface area contributed by atoms with E-state index in [1.165, 1.54) is 18.2 Å². The maximum Gasteiger partial charge on any atom is 0.339 e. The first-order valence-electron chi connectivity index (χ1n) is 7.64. The molecule has 2 aromatic rings. The van der Waals surface area contributed by atoms with Crippen LogP contribution in [0.5, 0.6) is 11.5 Å². The quantitative estimate of drug-likeness (QED) is 0.663. The fraction of sp³-hybridized carbons (Fsp3) is 0.263. The average Bonchev–Trinajstić information content (AvgIpc) is 2.49. The number of aromatic carboxylic acids is 1. The molecule has 2 rings (SSSR count). The number of phenolic OH excluding ortho intramolecular Hbond substituents is 1. The molecule has 0 unspecified atom stereocenters. The van der Waals surface area contributed by atoms with Gasteiger partial charge in [0.25, 0.3) is 0 Å². The SMILES string of the molecule is CC(C)(C)C(=O)Nc1ccc(C(=O)O)c(O)c1.Cc1ccccc1O. The number of aromatic hydroxyl groups is 2. The molecule has 1 amide bonds. The van der Waals surface area contributed by atoms with Crippen LogP contribution in [0.3, 0.4) is 0 Å². The molecule has 0 saturated heterocycles. The monoisotopic (exact) mass is 345 g/mol. The number of carbonyl (C=O) groups excluding carboxylic acids is 1. The van der Waals surface area contributed by atoms with Gasteiger partial charge in [-0.25, -0.2) is 4.79 Å². The van der Waals surface area contributed by atoms with Gasteiger partial charge in [0.1, 0.15) is 17.1 Å². The molecule has 0 aliphatic heterocycles. The second kappa shape index (κ2) is 8.19. The maximum absolute atomic E-state index is 11.7. The van der Waals surface area contributed by atoms with Gasteiger partial charge in [0, 0.05) is 17.2 Å². The summed E-state index contributed by atoms with van der Waals surface area (Å²) in [4.78, 5) is 22.3. The first kappa shape index (κ1) is 20.0. The molecule has 0 aliphatic rings. The molecule has 6 nitrogen and oxygen atoms in total. The van der Waals surface area contributed by atoms with E-state index in [9.17, 15) is 14.7 Å². The van der Waals surface area contributed by atoms with Crippen LogP contribution in [0.4, 0.5) is 5.69 Å². The number of hydrogen-bond donors (Lipinski definition) is 4. The van der Waals surface area contributed by atoms with Crippen LogP contribution < -0.4 is 5.32 Å². The van der Waals surface area contributed by atoms with Crippen molar-refractivity contribution in [3.8, 4) is 11.5 Å². The van der Waals surface area contributed by atoms with Crippen molar-refractivity contribution in [2.75, 3.05) is 5.32 Å². The van der Waals surface area contributed by atoms with Crippen molar-refractivity contribution < 1.29 is 24.9 Å². The average molecular weight is 345 g/mol. The molecular weight excluding hydrogens is 322 g/mol. The standard InChI is InChI=1S/C12H15NO4.C7H8O/c1-12(2,3)11(17)13-7-4-5-8(10(15)16)9(14)6-7;1-6-4-2-3-5-7(6)8/h4-6,14H,1-3H3,(H,13,17)(H,15,16);2-5,8H,1H3. The van der Waals surface area contributed by atoms with E-state index < -0.39 is 11.4 Å². The Morgan fingerprint density at radius 2 is 1.56 bits per heavy atom. The first-order chi connectivity index (χ1) is 11.5. The normalized spacial score (nSPS) is 10.4. The number of anilines is 1. The van der Waals surface area contributed by atoms with Gasteiger partial charge in [-0.2, -0.15) is 0 Å². The molecule has 0 spiro atoms. The molecule has 0 saturated carbocycles. The molecule has 25 heavy (non-hydrogen) atoms. The van der Waals surface area contributed by atoms with Crippen LogP contribution in [0.2, 0.25) is 0 Å². The lowest BCUT2D eigenvalue weighted by molar-refractivity contribution is -0.123. The van der Waals surface area contributed by atoms with Crippen LogP contribution in [-0.2, 0) is 4.79 Å². The van der Waals surface area contributed by atoms with Crippen molar-refractivity contribution in [2.24, 2.45) is 5.41 Å². The summed E-state index contributed by atoms with van der Waals surface area (Å²) in [5, 5.41) is 29.7. The van der Waals surface area contributed by atoms with Gasteiger partial charge in [0.2, 0.25) is 5.91 Å². The highest BCUT2D eigenvalue weighted by molar-refractivity contribution is 5.96. The van der Waals surface area contributed by atoms with Gasteiger partial charge in [0.15, 0.2) is 0 Å². The Labute approximate surface area is 146 Å². The largest absolute Gasteiger partial charge is 0.508 e. The molecule has 134 valence electrons. The number of hydrogen-bond acceptors (Lipinski definition) is 4. The lowest BCUT2D eigenvalue weighted by atomic mass is 9.95. The van der Waals surface area contributed by atoms with E-state index >= 15 is 0 Å². The third kappa shape index (κ3) is 6.18. The molecule has 0 bridgehead atoms. The number of amides is 1. The zero-order valence-electron chi connectivity index (χ0n) is 14.7. The lowest BCUT2D eigenvalue weighted by Gasteiger charge is -2.17. The summed E-state index contributed by atoms with van der Waals surface area (Å²) in [5.41, 5.74) is 0.542. The molecular formula is C19H23NO5. The molecule has 4 N–H and O–H groups in total. The molecule has 6 heteroatoms. The summed E-state index contributed by atoms with van der Waals surface area (Å²) >= 11 is 0. The predicted octanol–water partition coefficient (Wildman–Crippen LogP) is 3.78. The molecule has 0 heterocycles. The van der Waals surface area contributed by atoms with Crippen LogP contribution in [-0.4, -0.2) is 27.2 Å². The zero-order valence-corrected chi connectivity index (χ0v) is 14.7. The number of carboxylic acids is 1. The van der Waals surface area contributed by atoms with E-state index in [1.807, 2.05) is 25.1 Å². The second-order valence-electron chi connectivity index (χ2n) is 6.53. The van der Waals surface area contributed by atoms with Gasteiger partial charge in [-0.15, -0.1) is 0 Å². The van der Waals surface area contributed by atoms with Crippen molar-refractivity contribution in [1.29, 1.82) is 0 Å². The molecule has 0 radical (unpaired) electrons. The van der Waals surface area contributed by atoms with Gasteiger partial charge >= 0.3 is 5.97 Å². The van der Waals surface area contributed by atoms with Crippen molar-refractivity contribution in [1.82, 2.24) is 0 Å². The summed E-state index contributed by atoms with van der Waals surface area (Å²) in [6.45, 7) is 7.14. The number of nitrogens with one attached hydrogen (secondary N) is 1. The minimum atomic E-state index is -1.21. The molecule has 0 aromatic heterocycles. The topological polar surface area (TPSA) is 107 Å². The smallest absolute Gasteiger partial charge is 0.339 e. The van der Waals surface area contributed by atoms with E-state index in [0.717, 1.165) is 5.56 Å². The predicted molar refractivity (Wildman–Crippen MR) is 96.0 cm³/mol. The highest BCUT2D eigenvalue weighted by atomic mass is 16.4. The molecule has 2 aromatic carbocycles. The first-order valence-corrected chi connectivity index (χ1v) is 7.64. The van der Waals surface area contributed by atoms with E-state index in [4.69, 9.17) is 10.2 Å². The number of carboxylic acid groups (broad SMARTS) is 1. The Morgan fingerprint density at radius 1 is 0.960 bits per heavy atom. The zero-order chi connectivity index (χ0) is 19.2. The van der Waals surface area contributed by atoms with E-state index in [0.29, 0.717) is 11.4 Å². The minimum Gasteiger partial charge on any atom is -0.508 e. The molecule has 0 atom stereocenters. The Kier molecular flexibility index (Phi) is 6.56. The van der Waals surface area contributed by atoms with Crippen LogP contribution >= 0.6 is 0 Å². The number of phenols is 2. The van der Waals surface area contributed by atoms with Crippen molar-refractivity contribution in [3.63, 3.8) is 0 Å². The second-order valence-corrected chi connectivity index (χ2v) is 6.53. The summed E-state index contributed by atoms with van der Waals surface area (Å²) in [6, 6.07) is 11.2. The lowest BCUT2D eigenvalue weighted by Crippen LogP contribution is -2.27. The number of rotatable bonds is 2. The number of benzene rings is 2. The van der Waals surface area contributed by atoms with Crippen LogP contribution in [0.1, 0.15) is 36.7 Å². The van der Waals surface area contributed by atoms with Crippen LogP contribution in [0.15, 0.2) is 42.5 Å². The molecule has 0 fully saturated rings. The van der Waals surface area contributed by atoms with E-state index in [1.54, 1.807) is 26.8 Å². The summed E-state index contributed by atoms with van der Waals surface area (Å²) in [5.74, 6) is -1.42. The van der Waals surface area contributed by atoms with E-state index in [-0.39, 0.29) is 17.2 Å². The van der Waals surface area contributed by atoms with Gasteiger partial charge < -0.3 is 20.6 Å². The third-order valence-corrected chi connectivity index (χ3v) is 3.28. The Morgan fingerprint density at radius 3 is 1.96 bits per heavy atom. The fourth-order valence-electron chi connectivity index (χ4n) is 1.67. The minimum absolute atomic E-state index is 0.196. The van der Waals surface area contributed by atoms with Crippen LogP contribution in [0.25, 0.3) is 0 Å². The highest BCUT2D eigenvalue weighted by Crippen LogP contribution is 2.24. The summed E-state index contributed by atoms with van der Waals surface area (Å²) in [6.07, 6.45) is 0. The van der Waals surface area contributed by atoms with Crippen molar-refractivity contribution >= 4 is 17.6 Å². The van der Waals surface area contributed by atoms with Crippen LogP contribution in [0, 0.1) is 12.3 Å². The number of carbonyl (C=O) groups is 2. The maximum atomic E-state index is 11.7. The third-order valence-electron chi connectivity index (χ3n) is 3.28. The number of para-hydroxylation sites is 1. The van der Waals surface area contributed by atoms with E-state index in [2.05, 4.69) is 5.32 Å². The van der Waals surface area contributed by atoms with Gasteiger partial charge in [0.05, 0.1) is 0 Å². The Bertz CT molecular complexity index is 742. The van der Waals surface area contributed by atoms with Gasteiger partial charge in [-0.3, -0.25) is 4.79 Å². The molecule has 0 aliphatic carbocycles. The Balaban J connectivity index is 0.000000324. The fourth-order valence-corrected chi connectivity index (χ4v) is 1.67. The van der Waals surface area contributed by atoms with Crippen molar-refractivity contribution in [3.05, 3.63) is 53.6 Å². The Hall–Kier alpha value is -3.02.